The highest BCUT2D eigenvalue weighted by molar-refractivity contribution is 7.88. The minimum Gasteiger partial charge on any atom is -0.300 e. The highest BCUT2D eigenvalue weighted by Crippen LogP contribution is 1.97. The Bertz CT molecular complexity index is 264. The molecule has 0 rings (SSSR count). The Morgan fingerprint density at radius 2 is 2.15 bits per heavy atom. The average molecular weight is 227 g/mol. The van der Waals surface area contributed by atoms with E-state index in [1.807, 2.05) is 11.9 Å². The summed E-state index contributed by atoms with van der Waals surface area (Å²) < 4.78 is 23.7. The van der Waals surface area contributed by atoms with E-state index in [-0.39, 0.29) is 0 Å². The van der Waals surface area contributed by atoms with Crippen molar-refractivity contribution in [3.05, 3.63) is 11.6 Å². The van der Waals surface area contributed by atoms with Gasteiger partial charge in [0.1, 0.15) is 0 Å². The van der Waals surface area contributed by atoms with Gasteiger partial charge >= 0.3 is 0 Å². The molecule has 0 saturated heterocycles. The highest BCUT2D eigenvalue weighted by Gasteiger charge is 2.02. The van der Waals surface area contributed by atoms with Gasteiger partial charge in [-0.2, -0.15) is 0 Å². The van der Waals surface area contributed by atoms with Gasteiger partial charge in [-0.25, -0.2) is 13.1 Å². The largest absolute Gasteiger partial charge is 0.300 e. The average Bonchev–Trinajstić information content (AvgIpc) is 1.81. The standard InChI is InChI=1S/C7H15ClN2O2S/c1-7(8)6-10(2)5-4-9-13(3,11)12/h9H,1,4-6H2,2-3H3. The van der Waals surface area contributed by atoms with Crippen molar-refractivity contribution in [2.45, 2.75) is 0 Å². The van der Waals surface area contributed by atoms with Crippen LogP contribution in [0.25, 0.3) is 0 Å². The van der Waals surface area contributed by atoms with Crippen LogP contribution in [-0.2, 0) is 10.0 Å². The van der Waals surface area contributed by atoms with Crippen molar-refractivity contribution in [3.63, 3.8) is 0 Å². The Morgan fingerprint density at radius 1 is 1.62 bits per heavy atom. The zero-order valence-corrected chi connectivity index (χ0v) is 9.45. The Kier molecular flexibility index (Phi) is 5.55. The normalized spacial score (nSPS) is 12.0. The predicted molar refractivity (Wildman–Crippen MR) is 55.3 cm³/mol. The van der Waals surface area contributed by atoms with E-state index in [4.69, 9.17) is 11.6 Å². The monoisotopic (exact) mass is 226 g/mol. The number of nitrogens with one attached hydrogen (secondary N) is 1. The molecule has 4 nitrogen and oxygen atoms in total. The third-order valence-corrected chi connectivity index (χ3v) is 2.15. The van der Waals surface area contributed by atoms with E-state index < -0.39 is 10.0 Å². The second kappa shape index (κ2) is 5.59. The number of hydrogen-bond acceptors (Lipinski definition) is 3. The minimum absolute atomic E-state index is 0.388. The maximum Gasteiger partial charge on any atom is 0.208 e. The molecule has 0 bridgehead atoms. The van der Waals surface area contributed by atoms with Gasteiger partial charge < -0.3 is 0 Å². The fourth-order valence-electron chi connectivity index (χ4n) is 0.794. The van der Waals surface area contributed by atoms with Gasteiger partial charge in [0.2, 0.25) is 10.0 Å². The summed E-state index contributed by atoms with van der Waals surface area (Å²) in [6.45, 7) is 5.10. The third-order valence-electron chi connectivity index (χ3n) is 1.30. The van der Waals surface area contributed by atoms with Gasteiger partial charge in [-0.15, -0.1) is 0 Å². The molecule has 0 fully saturated rings. The molecule has 0 unspecified atom stereocenters. The first-order valence-corrected chi connectivity index (χ1v) is 6.04. The summed E-state index contributed by atoms with van der Waals surface area (Å²) in [4.78, 5) is 1.88. The Hall–Kier alpha value is -0.100. The molecule has 6 heteroatoms. The van der Waals surface area contributed by atoms with Crippen LogP contribution < -0.4 is 4.72 Å². The van der Waals surface area contributed by atoms with Crippen LogP contribution in [-0.4, -0.2) is 46.3 Å². The first-order valence-electron chi connectivity index (χ1n) is 3.78. The summed E-state index contributed by atoms with van der Waals surface area (Å²) in [5.74, 6) is 0. The van der Waals surface area contributed by atoms with Crippen LogP contribution >= 0.6 is 11.6 Å². The van der Waals surface area contributed by atoms with Gasteiger partial charge in [0, 0.05) is 24.7 Å². The van der Waals surface area contributed by atoms with Gasteiger partial charge in [0.05, 0.1) is 6.26 Å². The molecule has 0 spiro atoms. The van der Waals surface area contributed by atoms with Gasteiger partial charge in [0.25, 0.3) is 0 Å². The molecule has 0 aliphatic carbocycles. The summed E-state index contributed by atoms with van der Waals surface area (Å²) in [5.41, 5.74) is 0. The number of hydrogen-bond donors (Lipinski definition) is 1. The highest BCUT2D eigenvalue weighted by atomic mass is 35.5. The molecule has 0 heterocycles. The van der Waals surface area contributed by atoms with E-state index in [0.717, 1.165) is 6.26 Å². The molecule has 13 heavy (non-hydrogen) atoms. The van der Waals surface area contributed by atoms with Crippen molar-refractivity contribution >= 4 is 21.6 Å². The lowest BCUT2D eigenvalue weighted by atomic mass is 10.5. The molecule has 0 aromatic heterocycles. The Balaban J connectivity index is 3.60. The first kappa shape index (κ1) is 12.9. The summed E-state index contributed by atoms with van der Waals surface area (Å²) in [7, 11) is -1.24. The van der Waals surface area contributed by atoms with Crippen molar-refractivity contribution in [1.29, 1.82) is 0 Å². The summed E-state index contributed by atoms with van der Waals surface area (Å²) in [6.07, 6.45) is 1.13. The molecule has 1 N–H and O–H groups in total. The third kappa shape index (κ3) is 9.82. The number of nitrogens with zero attached hydrogens (tertiary/aromatic N) is 1. The molecule has 78 valence electrons. The Morgan fingerprint density at radius 3 is 2.54 bits per heavy atom. The van der Waals surface area contributed by atoms with Crippen LogP contribution in [0.2, 0.25) is 0 Å². The van der Waals surface area contributed by atoms with Gasteiger partial charge in [0.15, 0.2) is 0 Å². The van der Waals surface area contributed by atoms with Crippen LogP contribution in [0, 0.1) is 0 Å². The molecule has 0 aliphatic rings. The first-order chi connectivity index (χ1) is 5.81. The fraction of sp³-hybridized carbons (Fsp3) is 0.714. The smallest absolute Gasteiger partial charge is 0.208 e. The molecule has 0 aromatic rings. The summed E-state index contributed by atoms with van der Waals surface area (Å²) in [6, 6.07) is 0. The predicted octanol–water partition coefficient (Wildman–Crippen LogP) is 0.220. The maximum absolute atomic E-state index is 10.7. The zero-order valence-electron chi connectivity index (χ0n) is 7.88. The summed E-state index contributed by atoms with van der Waals surface area (Å²) >= 11 is 5.57. The van der Waals surface area contributed by atoms with Crippen molar-refractivity contribution in [2.75, 3.05) is 32.9 Å². The second-order valence-corrected chi connectivity index (χ2v) is 5.29. The minimum atomic E-state index is -3.08. The van der Waals surface area contributed by atoms with Crippen molar-refractivity contribution in [1.82, 2.24) is 9.62 Å². The molecule has 0 atom stereocenters. The van der Waals surface area contributed by atoms with E-state index in [9.17, 15) is 8.42 Å². The van der Waals surface area contributed by atoms with Crippen LogP contribution in [0.5, 0.6) is 0 Å². The SMILES string of the molecule is C=C(Cl)CN(C)CCNS(C)(=O)=O. The Labute approximate surface area is 84.6 Å². The van der Waals surface area contributed by atoms with Crippen LogP contribution in [0.1, 0.15) is 0 Å². The lowest BCUT2D eigenvalue weighted by molar-refractivity contribution is 0.373. The lowest BCUT2D eigenvalue weighted by Gasteiger charge is -2.15. The van der Waals surface area contributed by atoms with Crippen LogP contribution in [0.3, 0.4) is 0 Å². The molecular formula is C7H15ClN2O2S. The van der Waals surface area contributed by atoms with Crippen molar-refractivity contribution < 1.29 is 8.42 Å². The molecule has 0 aliphatic heterocycles. The van der Waals surface area contributed by atoms with Gasteiger partial charge in [-0.05, 0) is 7.05 Å². The number of rotatable bonds is 6. The van der Waals surface area contributed by atoms with Crippen molar-refractivity contribution in [3.8, 4) is 0 Å². The quantitative estimate of drug-likeness (QED) is 0.705. The maximum atomic E-state index is 10.7. The zero-order chi connectivity index (χ0) is 10.5. The lowest BCUT2D eigenvalue weighted by Crippen LogP contribution is -2.32. The number of halogens is 1. The fourth-order valence-corrected chi connectivity index (χ4v) is 1.46. The van der Waals surface area contributed by atoms with Crippen LogP contribution in [0.4, 0.5) is 0 Å². The molecule has 0 saturated carbocycles. The molecule has 0 radical (unpaired) electrons. The number of likely N-dealkylation sites (N-methyl/N-ethyl adjacent to an activating group) is 1. The van der Waals surface area contributed by atoms with Gasteiger partial charge in [-0.1, -0.05) is 18.2 Å². The van der Waals surface area contributed by atoms with E-state index >= 15 is 0 Å². The van der Waals surface area contributed by atoms with Crippen LogP contribution in [0.15, 0.2) is 11.6 Å². The molecule has 0 aromatic carbocycles. The van der Waals surface area contributed by atoms with E-state index in [1.165, 1.54) is 0 Å². The van der Waals surface area contributed by atoms with E-state index in [0.29, 0.717) is 24.7 Å². The van der Waals surface area contributed by atoms with Crippen molar-refractivity contribution in [2.24, 2.45) is 0 Å². The summed E-state index contributed by atoms with van der Waals surface area (Å²) in [5, 5.41) is 0.543. The molecular weight excluding hydrogens is 212 g/mol. The number of sulfonamides is 1. The van der Waals surface area contributed by atoms with Gasteiger partial charge in [-0.3, -0.25) is 4.90 Å². The second-order valence-electron chi connectivity index (χ2n) is 2.92. The molecule has 0 amide bonds. The van der Waals surface area contributed by atoms with E-state index in [2.05, 4.69) is 11.3 Å². The topological polar surface area (TPSA) is 49.4 Å². The van der Waals surface area contributed by atoms with E-state index in [1.54, 1.807) is 0 Å².